The molecule has 0 amide bonds. The van der Waals surface area contributed by atoms with Crippen LogP contribution in [0.2, 0.25) is 0 Å². The molecule has 2 aromatic carbocycles. The summed E-state index contributed by atoms with van der Waals surface area (Å²) in [5.74, 6) is 1.47. The lowest BCUT2D eigenvalue weighted by Crippen LogP contribution is -2.44. The molecule has 0 bridgehead atoms. The fourth-order valence-corrected chi connectivity index (χ4v) is 3.73. The zero-order valence-electron chi connectivity index (χ0n) is 16.1. The second-order valence-corrected chi connectivity index (χ2v) is 7.22. The van der Waals surface area contributed by atoms with Gasteiger partial charge in [0.2, 0.25) is 11.9 Å². The lowest BCUT2D eigenvalue weighted by atomic mass is 9.94. The highest BCUT2D eigenvalue weighted by Crippen LogP contribution is 2.29. The number of benzene rings is 2. The second-order valence-electron chi connectivity index (χ2n) is 7.22. The molecule has 0 fully saturated rings. The van der Waals surface area contributed by atoms with Crippen LogP contribution in [0.15, 0.2) is 67.3 Å². The summed E-state index contributed by atoms with van der Waals surface area (Å²) in [6.45, 7) is 0.580. The molecule has 2 N–H and O–H groups in total. The summed E-state index contributed by atoms with van der Waals surface area (Å²) < 4.78 is 1.71. The van der Waals surface area contributed by atoms with Crippen LogP contribution in [-0.4, -0.2) is 47.4 Å². The molecule has 0 unspecified atom stereocenters. The van der Waals surface area contributed by atoms with E-state index in [2.05, 4.69) is 27.1 Å². The minimum absolute atomic E-state index is 0.0120. The molecule has 150 valence electrons. The number of phenols is 1. The van der Waals surface area contributed by atoms with E-state index in [0.717, 1.165) is 0 Å². The molecule has 2 aromatic heterocycles. The summed E-state index contributed by atoms with van der Waals surface area (Å²) in [6, 6.07) is 14.9. The first-order chi connectivity index (χ1) is 14.7. The number of aliphatic hydroxyl groups is 1. The van der Waals surface area contributed by atoms with Gasteiger partial charge in [0.05, 0.1) is 12.6 Å². The van der Waals surface area contributed by atoms with Gasteiger partial charge in [-0.25, -0.2) is 4.98 Å². The van der Waals surface area contributed by atoms with Crippen LogP contribution in [0.5, 0.6) is 5.75 Å². The molecule has 0 radical (unpaired) electrons. The number of fused-ring (bicyclic) bond motifs is 1. The zero-order chi connectivity index (χ0) is 20.5. The average molecular weight is 400 g/mol. The third kappa shape index (κ3) is 3.37. The lowest BCUT2D eigenvalue weighted by molar-refractivity contribution is 0.252. The van der Waals surface area contributed by atoms with Crippen LogP contribution >= 0.6 is 0 Å². The topological polar surface area (TPSA) is 100 Å². The highest BCUT2D eigenvalue weighted by Gasteiger charge is 2.28. The molecular weight excluding hydrogens is 380 g/mol. The van der Waals surface area contributed by atoms with E-state index >= 15 is 0 Å². The van der Waals surface area contributed by atoms with Crippen LogP contribution in [0.4, 0.5) is 5.95 Å². The fourth-order valence-electron chi connectivity index (χ4n) is 3.73. The Balaban J connectivity index is 1.64. The molecule has 0 spiro atoms. The van der Waals surface area contributed by atoms with Crippen molar-refractivity contribution in [3.63, 3.8) is 0 Å². The van der Waals surface area contributed by atoms with E-state index in [1.807, 2.05) is 23.1 Å². The van der Waals surface area contributed by atoms with Gasteiger partial charge in [0.1, 0.15) is 12.1 Å². The normalized spacial score (nSPS) is 15.8. The van der Waals surface area contributed by atoms with Crippen molar-refractivity contribution in [1.29, 1.82) is 0 Å². The van der Waals surface area contributed by atoms with E-state index in [9.17, 15) is 10.2 Å². The minimum atomic E-state index is -0.144. The van der Waals surface area contributed by atoms with Gasteiger partial charge in [-0.05, 0) is 29.7 Å². The molecule has 4 aromatic rings. The number of nitrogens with zero attached hydrogens (tertiary/aromatic N) is 6. The highest BCUT2D eigenvalue weighted by molar-refractivity contribution is 5.59. The van der Waals surface area contributed by atoms with Crippen molar-refractivity contribution in [1.82, 2.24) is 24.5 Å². The summed E-state index contributed by atoms with van der Waals surface area (Å²) in [5.41, 5.74) is 3.09. The van der Waals surface area contributed by atoms with Crippen LogP contribution in [-0.2, 0) is 13.0 Å². The van der Waals surface area contributed by atoms with Gasteiger partial charge < -0.3 is 15.1 Å². The molecule has 1 aliphatic rings. The summed E-state index contributed by atoms with van der Waals surface area (Å²) in [7, 11) is 0. The molecule has 0 saturated heterocycles. The maximum atomic E-state index is 10.1. The number of imidazole rings is 1. The standard InChI is InChI=1S/C22H20N6O2/c29-13-18-10-15-4-1-2-5-17(15)12-28(18)22-25-20(16-6-3-7-19(30)11-16)24-21(26-22)27-9-8-23-14-27/h1-9,11,14,18,29-30H,10,12-13H2/t18-/m1/s1. The van der Waals surface area contributed by atoms with E-state index in [4.69, 9.17) is 4.98 Å². The Morgan fingerprint density at radius 1 is 0.967 bits per heavy atom. The molecule has 0 saturated carbocycles. The Morgan fingerprint density at radius 2 is 1.80 bits per heavy atom. The average Bonchev–Trinajstić information content (AvgIpc) is 3.33. The van der Waals surface area contributed by atoms with E-state index < -0.39 is 0 Å². The number of phenolic OH excluding ortho intramolecular Hbond substituents is 1. The molecule has 5 rings (SSSR count). The first-order valence-corrected chi connectivity index (χ1v) is 9.69. The van der Waals surface area contributed by atoms with E-state index in [1.165, 1.54) is 11.1 Å². The third-order valence-electron chi connectivity index (χ3n) is 5.27. The van der Waals surface area contributed by atoms with Crippen molar-refractivity contribution in [2.24, 2.45) is 0 Å². The number of aromatic hydroxyl groups is 1. The molecule has 30 heavy (non-hydrogen) atoms. The van der Waals surface area contributed by atoms with Crippen molar-refractivity contribution in [3.05, 3.63) is 78.4 Å². The highest BCUT2D eigenvalue weighted by atomic mass is 16.3. The largest absolute Gasteiger partial charge is 0.508 e. The number of rotatable bonds is 4. The number of hydrogen-bond acceptors (Lipinski definition) is 7. The van der Waals surface area contributed by atoms with Crippen LogP contribution in [0, 0.1) is 0 Å². The maximum absolute atomic E-state index is 10.1. The summed E-state index contributed by atoms with van der Waals surface area (Å²) in [4.78, 5) is 20.0. The van der Waals surface area contributed by atoms with Crippen molar-refractivity contribution in [3.8, 4) is 23.1 Å². The molecule has 8 nitrogen and oxygen atoms in total. The van der Waals surface area contributed by atoms with Gasteiger partial charge in [-0.1, -0.05) is 36.4 Å². The van der Waals surface area contributed by atoms with Crippen molar-refractivity contribution >= 4 is 5.95 Å². The molecular formula is C22H20N6O2. The van der Waals surface area contributed by atoms with Crippen molar-refractivity contribution in [2.75, 3.05) is 11.5 Å². The second kappa shape index (κ2) is 7.57. The Morgan fingerprint density at radius 3 is 2.57 bits per heavy atom. The predicted molar refractivity (Wildman–Crippen MR) is 111 cm³/mol. The van der Waals surface area contributed by atoms with Crippen LogP contribution in [0.3, 0.4) is 0 Å². The molecule has 0 aliphatic carbocycles. The third-order valence-corrected chi connectivity index (χ3v) is 5.27. The van der Waals surface area contributed by atoms with Crippen molar-refractivity contribution < 1.29 is 10.2 Å². The van der Waals surface area contributed by atoms with Crippen LogP contribution in [0.25, 0.3) is 17.3 Å². The van der Waals surface area contributed by atoms with Gasteiger partial charge in [-0.2, -0.15) is 15.0 Å². The van der Waals surface area contributed by atoms with Crippen LogP contribution < -0.4 is 4.90 Å². The van der Waals surface area contributed by atoms with E-state index in [-0.39, 0.29) is 18.4 Å². The van der Waals surface area contributed by atoms with E-state index in [1.54, 1.807) is 41.5 Å². The summed E-state index contributed by atoms with van der Waals surface area (Å²) >= 11 is 0. The van der Waals surface area contributed by atoms with Crippen molar-refractivity contribution in [2.45, 2.75) is 19.0 Å². The maximum Gasteiger partial charge on any atom is 0.240 e. The fraction of sp³-hybridized carbons (Fsp3) is 0.182. The van der Waals surface area contributed by atoms with Crippen LogP contribution in [0.1, 0.15) is 11.1 Å². The monoisotopic (exact) mass is 400 g/mol. The zero-order valence-corrected chi connectivity index (χ0v) is 16.1. The van der Waals surface area contributed by atoms with Gasteiger partial charge in [-0.3, -0.25) is 4.57 Å². The Kier molecular flexibility index (Phi) is 4.61. The van der Waals surface area contributed by atoms with Gasteiger partial charge in [0, 0.05) is 24.5 Å². The minimum Gasteiger partial charge on any atom is -0.508 e. The smallest absolute Gasteiger partial charge is 0.240 e. The quantitative estimate of drug-likeness (QED) is 0.542. The Labute approximate surface area is 173 Å². The Hall–Kier alpha value is -3.78. The number of aromatic nitrogens is 5. The molecule has 1 atom stereocenters. The first kappa shape index (κ1) is 18.3. The van der Waals surface area contributed by atoms with E-state index in [0.29, 0.717) is 36.3 Å². The Bertz CT molecular complexity index is 1180. The number of aliphatic hydroxyl groups excluding tert-OH is 1. The number of hydrogen-bond donors (Lipinski definition) is 2. The van der Waals surface area contributed by atoms with Gasteiger partial charge in [0.25, 0.3) is 0 Å². The summed E-state index contributed by atoms with van der Waals surface area (Å²) in [6.07, 6.45) is 5.76. The predicted octanol–water partition coefficient (Wildman–Crippen LogP) is 2.35. The summed E-state index contributed by atoms with van der Waals surface area (Å²) in [5, 5.41) is 20.0. The SMILES string of the molecule is OC[C@H]1Cc2ccccc2CN1c1nc(-c2cccc(O)c2)nc(-n2ccnc2)n1. The molecule has 3 heterocycles. The number of anilines is 1. The molecule has 8 heteroatoms. The van der Waals surface area contributed by atoms with Gasteiger partial charge in [0.15, 0.2) is 5.82 Å². The van der Waals surface area contributed by atoms with Gasteiger partial charge in [-0.15, -0.1) is 0 Å². The van der Waals surface area contributed by atoms with Gasteiger partial charge >= 0.3 is 0 Å². The molecule has 1 aliphatic heterocycles. The lowest BCUT2D eigenvalue weighted by Gasteiger charge is -2.36. The first-order valence-electron chi connectivity index (χ1n) is 9.69.